The van der Waals surface area contributed by atoms with E-state index in [0.29, 0.717) is 22.8 Å². The molecule has 0 saturated carbocycles. The molecule has 0 fully saturated rings. The minimum absolute atomic E-state index is 0.0146. The number of halogens is 2. The molecule has 1 heterocycles. The average molecular weight is 378 g/mol. The monoisotopic (exact) mass is 377 g/mol. The molecule has 1 amide bonds. The van der Waals surface area contributed by atoms with Crippen molar-refractivity contribution in [1.82, 2.24) is 10.2 Å². The van der Waals surface area contributed by atoms with E-state index in [1.807, 2.05) is 12.1 Å². The topological polar surface area (TPSA) is 68.0 Å². The summed E-state index contributed by atoms with van der Waals surface area (Å²) in [7, 11) is 0. The van der Waals surface area contributed by atoms with Crippen LogP contribution in [-0.4, -0.2) is 21.9 Å². The fourth-order valence-electron chi connectivity index (χ4n) is 1.96. The second-order valence-electron chi connectivity index (χ2n) is 5.02. The van der Waals surface area contributed by atoms with E-state index < -0.39 is 0 Å². The molecule has 128 valence electrons. The average Bonchev–Trinajstić information content (AvgIpc) is 3.06. The number of rotatable bonds is 6. The first-order valence-electron chi connectivity index (χ1n) is 7.38. The van der Waals surface area contributed by atoms with Gasteiger partial charge in [-0.1, -0.05) is 16.7 Å². The van der Waals surface area contributed by atoms with Crippen LogP contribution < -0.4 is 5.32 Å². The van der Waals surface area contributed by atoms with Gasteiger partial charge in [0.2, 0.25) is 11.8 Å². The van der Waals surface area contributed by atoms with Crippen LogP contribution in [0.25, 0.3) is 11.5 Å². The molecule has 0 aliphatic carbocycles. The molecule has 5 nitrogen and oxygen atoms in total. The van der Waals surface area contributed by atoms with E-state index in [-0.39, 0.29) is 23.6 Å². The second-order valence-corrected chi connectivity index (χ2v) is 6.62. The molecule has 0 spiro atoms. The van der Waals surface area contributed by atoms with Gasteiger partial charge in [0.1, 0.15) is 5.82 Å². The Morgan fingerprint density at radius 2 is 1.84 bits per heavy atom. The summed E-state index contributed by atoms with van der Waals surface area (Å²) in [5.74, 6) is 0.239. The lowest BCUT2D eigenvalue weighted by Crippen LogP contribution is -2.12. The van der Waals surface area contributed by atoms with Crippen molar-refractivity contribution in [2.45, 2.75) is 11.3 Å². The quantitative estimate of drug-likeness (QED) is 0.633. The normalized spacial score (nSPS) is 10.6. The molecule has 0 aliphatic heterocycles. The standard InChI is InChI=1S/C17H13ClFN3O2S/c18-12-3-7-14(8-4-12)25-10-9-15(23)20-17-22-21-16(24-17)11-1-5-13(19)6-2-11/h1-8H,9-10H2,(H,20,22,23). The van der Waals surface area contributed by atoms with Gasteiger partial charge >= 0.3 is 6.01 Å². The fraction of sp³-hybridized carbons (Fsp3) is 0.118. The van der Waals surface area contributed by atoms with Gasteiger partial charge in [-0.2, -0.15) is 0 Å². The Hall–Kier alpha value is -2.38. The molecule has 0 radical (unpaired) electrons. The van der Waals surface area contributed by atoms with Crippen LogP contribution in [0.3, 0.4) is 0 Å². The number of hydrogen-bond donors (Lipinski definition) is 1. The van der Waals surface area contributed by atoms with Crippen molar-refractivity contribution in [3.8, 4) is 11.5 Å². The van der Waals surface area contributed by atoms with Gasteiger partial charge in [0.05, 0.1) is 0 Å². The van der Waals surface area contributed by atoms with Crippen molar-refractivity contribution in [3.05, 3.63) is 59.4 Å². The minimum Gasteiger partial charge on any atom is -0.403 e. The molecular weight excluding hydrogens is 365 g/mol. The minimum atomic E-state index is -0.352. The van der Waals surface area contributed by atoms with E-state index in [1.165, 1.54) is 24.3 Å². The van der Waals surface area contributed by atoms with Gasteiger partial charge in [-0.15, -0.1) is 16.9 Å². The summed E-state index contributed by atoms with van der Waals surface area (Å²) < 4.78 is 18.3. The maximum Gasteiger partial charge on any atom is 0.322 e. The first-order valence-corrected chi connectivity index (χ1v) is 8.74. The molecule has 0 aliphatic rings. The summed E-state index contributed by atoms with van der Waals surface area (Å²) in [4.78, 5) is 13.0. The summed E-state index contributed by atoms with van der Waals surface area (Å²) in [6.07, 6.45) is 0.293. The number of thioether (sulfide) groups is 1. The molecular formula is C17H13ClFN3O2S. The van der Waals surface area contributed by atoms with Crippen molar-refractivity contribution < 1.29 is 13.6 Å². The highest BCUT2D eigenvalue weighted by molar-refractivity contribution is 7.99. The van der Waals surface area contributed by atoms with Gasteiger partial charge in [-0.05, 0) is 48.5 Å². The zero-order chi connectivity index (χ0) is 17.6. The highest BCUT2D eigenvalue weighted by Gasteiger charge is 2.11. The van der Waals surface area contributed by atoms with Crippen LogP contribution in [0.15, 0.2) is 57.8 Å². The number of nitrogens with zero attached hydrogens (tertiary/aromatic N) is 2. The molecule has 0 saturated heterocycles. The van der Waals surface area contributed by atoms with Crippen molar-refractivity contribution in [2.75, 3.05) is 11.1 Å². The third-order valence-electron chi connectivity index (χ3n) is 3.17. The Labute approximate surface area is 152 Å². The third kappa shape index (κ3) is 5.04. The highest BCUT2D eigenvalue weighted by atomic mass is 35.5. The van der Waals surface area contributed by atoms with Gasteiger partial charge < -0.3 is 4.42 Å². The van der Waals surface area contributed by atoms with Gasteiger partial charge in [0.25, 0.3) is 0 Å². The van der Waals surface area contributed by atoms with E-state index in [9.17, 15) is 9.18 Å². The molecule has 3 rings (SSSR count). The lowest BCUT2D eigenvalue weighted by atomic mass is 10.2. The molecule has 25 heavy (non-hydrogen) atoms. The number of benzene rings is 2. The lowest BCUT2D eigenvalue weighted by Gasteiger charge is -2.02. The van der Waals surface area contributed by atoms with Gasteiger partial charge in [-0.25, -0.2) is 4.39 Å². The van der Waals surface area contributed by atoms with Crippen LogP contribution in [0, 0.1) is 5.82 Å². The third-order valence-corrected chi connectivity index (χ3v) is 4.44. The van der Waals surface area contributed by atoms with Crippen LogP contribution in [0.4, 0.5) is 10.4 Å². The SMILES string of the molecule is O=C(CCSc1ccc(Cl)cc1)Nc1nnc(-c2ccc(F)cc2)o1. The van der Waals surface area contributed by atoms with Crippen molar-refractivity contribution in [3.63, 3.8) is 0 Å². The summed E-state index contributed by atoms with van der Waals surface area (Å²) in [6.45, 7) is 0. The van der Waals surface area contributed by atoms with Crippen molar-refractivity contribution >= 4 is 35.3 Å². The predicted molar refractivity (Wildman–Crippen MR) is 95.1 cm³/mol. The number of nitrogens with one attached hydrogen (secondary N) is 1. The van der Waals surface area contributed by atoms with Gasteiger partial charge in [0.15, 0.2) is 0 Å². The van der Waals surface area contributed by atoms with Gasteiger partial charge in [0, 0.05) is 27.7 Å². The molecule has 0 atom stereocenters. The molecule has 3 aromatic rings. The van der Waals surface area contributed by atoms with E-state index >= 15 is 0 Å². The van der Waals surface area contributed by atoms with Crippen molar-refractivity contribution in [2.24, 2.45) is 0 Å². The molecule has 0 unspecified atom stereocenters. The molecule has 1 aromatic heterocycles. The Morgan fingerprint density at radius 3 is 2.56 bits per heavy atom. The first kappa shape index (κ1) is 17.4. The largest absolute Gasteiger partial charge is 0.403 e. The Balaban J connectivity index is 1.49. The number of carbonyl (C=O) groups excluding carboxylic acids is 1. The summed E-state index contributed by atoms with van der Waals surface area (Å²) in [6, 6.07) is 13.1. The Kier molecular flexibility index (Phi) is 5.67. The maximum absolute atomic E-state index is 12.9. The second kappa shape index (κ2) is 8.13. The smallest absolute Gasteiger partial charge is 0.322 e. The van der Waals surface area contributed by atoms with E-state index in [0.717, 1.165) is 4.90 Å². The highest BCUT2D eigenvalue weighted by Crippen LogP contribution is 2.22. The number of aromatic nitrogens is 2. The fourth-order valence-corrected chi connectivity index (χ4v) is 2.93. The zero-order valence-corrected chi connectivity index (χ0v) is 14.5. The molecule has 8 heteroatoms. The van der Waals surface area contributed by atoms with Crippen LogP contribution in [0.1, 0.15) is 6.42 Å². The van der Waals surface area contributed by atoms with E-state index in [4.69, 9.17) is 16.0 Å². The number of hydrogen-bond acceptors (Lipinski definition) is 5. The maximum atomic E-state index is 12.9. The van der Waals surface area contributed by atoms with Crippen LogP contribution >= 0.6 is 23.4 Å². The lowest BCUT2D eigenvalue weighted by molar-refractivity contribution is -0.115. The molecule has 1 N–H and O–H groups in total. The predicted octanol–water partition coefficient (Wildman–Crippen LogP) is 4.65. The first-order chi connectivity index (χ1) is 12.1. The Bertz CT molecular complexity index is 853. The summed E-state index contributed by atoms with van der Waals surface area (Å²) in [5.41, 5.74) is 0.577. The number of anilines is 1. The molecule has 0 bridgehead atoms. The Morgan fingerprint density at radius 1 is 1.12 bits per heavy atom. The van der Waals surface area contributed by atoms with E-state index in [1.54, 1.807) is 23.9 Å². The summed E-state index contributed by atoms with van der Waals surface area (Å²) in [5, 5.41) is 10.8. The van der Waals surface area contributed by atoms with Crippen molar-refractivity contribution in [1.29, 1.82) is 0 Å². The van der Waals surface area contributed by atoms with Crippen LogP contribution in [0.2, 0.25) is 5.02 Å². The summed E-state index contributed by atoms with van der Waals surface area (Å²) >= 11 is 7.37. The van der Waals surface area contributed by atoms with Crippen LogP contribution in [-0.2, 0) is 4.79 Å². The van der Waals surface area contributed by atoms with Crippen LogP contribution in [0.5, 0.6) is 0 Å². The van der Waals surface area contributed by atoms with Gasteiger partial charge in [-0.3, -0.25) is 10.1 Å². The number of carbonyl (C=O) groups is 1. The molecule has 2 aromatic carbocycles. The van der Waals surface area contributed by atoms with E-state index in [2.05, 4.69) is 15.5 Å². The number of amides is 1. The zero-order valence-electron chi connectivity index (χ0n) is 12.9.